The highest BCUT2D eigenvalue weighted by Gasteiger charge is 2.11. The topological polar surface area (TPSA) is 12.0 Å². The summed E-state index contributed by atoms with van der Waals surface area (Å²) in [5, 5.41) is 5.70. The minimum Gasteiger partial charge on any atom is -0.309 e. The summed E-state index contributed by atoms with van der Waals surface area (Å²) < 4.78 is 1.29. The van der Waals surface area contributed by atoms with Crippen LogP contribution in [0.1, 0.15) is 23.4 Å². The van der Waals surface area contributed by atoms with Crippen molar-refractivity contribution in [1.29, 1.82) is 0 Å². The minimum atomic E-state index is 0.445. The molecule has 1 heterocycles. The Morgan fingerprint density at radius 1 is 1.24 bits per heavy atom. The molecule has 90 valence electrons. The fraction of sp³-hybridized carbons (Fsp3) is 0.286. The fourth-order valence-electron chi connectivity index (χ4n) is 1.87. The molecule has 1 aromatic heterocycles. The highest BCUT2D eigenvalue weighted by Crippen LogP contribution is 2.23. The van der Waals surface area contributed by atoms with E-state index in [2.05, 4.69) is 76.6 Å². The van der Waals surface area contributed by atoms with Crippen LogP contribution in [0, 0.1) is 3.57 Å². The molecular formula is C14H16INS. The van der Waals surface area contributed by atoms with Crippen molar-refractivity contribution < 1.29 is 0 Å². The molecule has 0 saturated heterocycles. The summed E-state index contributed by atoms with van der Waals surface area (Å²) in [6.45, 7) is 3.17. The van der Waals surface area contributed by atoms with Gasteiger partial charge in [0.05, 0.1) is 0 Å². The molecule has 1 unspecified atom stereocenters. The van der Waals surface area contributed by atoms with Crippen LogP contribution in [0.5, 0.6) is 0 Å². The largest absolute Gasteiger partial charge is 0.309 e. The summed E-state index contributed by atoms with van der Waals surface area (Å²) in [5.74, 6) is 0. The molecule has 3 heteroatoms. The maximum absolute atomic E-state index is 3.56. The first-order chi connectivity index (χ1) is 8.29. The number of benzene rings is 1. The summed E-state index contributed by atoms with van der Waals surface area (Å²) in [6, 6.07) is 13.6. The Bertz CT molecular complexity index is 436. The Kier molecular flexibility index (Phi) is 5.00. The molecule has 0 aliphatic heterocycles. The van der Waals surface area contributed by atoms with Crippen LogP contribution in [0.2, 0.25) is 0 Å². The lowest BCUT2D eigenvalue weighted by atomic mass is 10.0. The number of rotatable bonds is 5. The maximum atomic E-state index is 3.56. The molecule has 1 nitrogen and oxygen atoms in total. The summed E-state index contributed by atoms with van der Waals surface area (Å²) in [5.41, 5.74) is 1.39. The smallest absolute Gasteiger partial charge is 0.0455 e. The molecule has 0 aliphatic rings. The Morgan fingerprint density at radius 3 is 2.59 bits per heavy atom. The van der Waals surface area contributed by atoms with Gasteiger partial charge in [-0.1, -0.05) is 25.1 Å². The summed E-state index contributed by atoms with van der Waals surface area (Å²) in [6.07, 6.45) is 1.06. The first kappa shape index (κ1) is 13.1. The van der Waals surface area contributed by atoms with E-state index in [0.29, 0.717) is 6.04 Å². The lowest BCUT2D eigenvalue weighted by Gasteiger charge is -2.16. The maximum Gasteiger partial charge on any atom is 0.0455 e. The van der Waals surface area contributed by atoms with Crippen LogP contribution in [0.3, 0.4) is 0 Å². The monoisotopic (exact) mass is 357 g/mol. The lowest BCUT2D eigenvalue weighted by Crippen LogP contribution is -2.22. The lowest BCUT2D eigenvalue weighted by molar-refractivity contribution is 0.558. The van der Waals surface area contributed by atoms with Crippen LogP contribution in [-0.2, 0) is 6.42 Å². The van der Waals surface area contributed by atoms with Gasteiger partial charge >= 0.3 is 0 Å². The Labute approximate surface area is 120 Å². The van der Waals surface area contributed by atoms with Gasteiger partial charge in [0.25, 0.3) is 0 Å². The van der Waals surface area contributed by atoms with E-state index in [9.17, 15) is 0 Å². The Hall–Kier alpha value is -0.390. The molecule has 0 radical (unpaired) electrons. The van der Waals surface area contributed by atoms with Crippen LogP contribution in [-0.4, -0.2) is 6.54 Å². The molecule has 1 N–H and O–H groups in total. The summed E-state index contributed by atoms with van der Waals surface area (Å²) in [7, 11) is 0. The first-order valence-corrected chi connectivity index (χ1v) is 7.76. The van der Waals surface area contributed by atoms with Gasteiger partial charge in [0.1, 0.15) is 0 Å². The van der Waals surface area contributed by atoms with Crippen LogP contribution >= 0.6 is 33.9 Å². The zero-order valence-electron chi connectivity index (χ0n) is 9.82. The zero-order valence-corrected chi connectivity index (χ0v) is 12.8. The molecule has 0 amide bonds. The van der Waals surface area contributed by atoms with Crippen LogP contribution in [0.25, 0.3) is 0 Å². The highest BCUT2D eigenvalue weighted by molar-refractivity contribution is 14.1. The molecule has 2 rings (SSSR count). The molecule has 17 heavy (non-hydrogen) atoms. The zero-order chi connectivity index (χ0) is 12.1. The van der Waals surface area contributed by atoms with Gasteiger partial charge in [-0.15, -0.1) is 11.3 Å². The SMILES string of the molecule is CCNC(Cc1ccc(I)cc1)c1cccs1. The van der Waals surface area contributed by atoms with Gasteiger partial charge in [-0.2, -0.15) is 0 Å². The van der Waals surface area contributed by atoms with E-state index < -0.39 is 0 Å². The van der Waals surface area contributed by atoms with Crippen LogP contribution < -0.4 is 5.32 Å². The predicted octanol–water partition coefficient (Wildman–Crippen LogP) is 4.25. The van der Waals surface area contributed by atoms with E-state index in [0.717, 1.165) is 13.0 Å². The minimum absolute atomic E-state index is 0.445. The predicted molar refractivity (Wildman–Crippen MR) is 83.6 cm³/mol. The number of hydrogen-bond acceptors (Lipinski definition) is 2. The fourth-order valence-corrected chi connectivity index (χ4v) is 3.03. The van der Waals surface area contributed by atoms with E-state index in [1.165, 1.54) is 14.0 Å². The van der Waals surface area contributed by atoms with E-state index in [1.54, 1.807) is 0 Å². The second-order valence-corrected chi connectivity index (χ2v) is 6.18. The highest BCUT2D eigenvalue weighted by atomic mass is 127. The second kappa shape index (κ2) is 6.52. The molecule has 0 saturated carbocycles. The number of thiophene rings is 1. The Morgan fingerprint density at radius 2 is 2.00 bits per heavy atom. The van der Waals surface area contributed by atoms with Crippen molar-refractivity contribution in [3.63, 3.8) is 0 Å². The van der Waals surface area contributed by atoms with Crippen molar-refractivity contribution in [1.82, 2.24) is 5.32 Å². The standard InChI is InChI=1S/C14H16INS/c1-2-16-13(14-4-3-9-17-14)10-11-5-7-12(15)8-6-11/h3-9,13,16H,2,10H2,1H3. The van der Waals surface area contributed by atoms with Crippen molar-refractivity contribution in [3.8, 4) is 0 Å². The molecular weight excluding hydrogens is 341 g/mol. The number of hydrogen-bond donors (Lipinski definition) is 1. The van der Waals surface area contributed by atoms with Crippen molar-refractivity contribution in [2.24, 2.45) is 0 Å². The van der Waals surface area contributed by atoms with Gasteiger partial charge < -0.3 is 5.32 Å². The van der Waals surface area contributed by atoms with Crippen molar-refractivity contribution >= 4 is 33.9 Å². The molecule has 0 bridgehead atoms. The van der Waals surface area contributed by atoms with E-state index in [-0.39, 0.29) is 0 Å². The third kappa shape index (κ3) is 3.79. The summed E-state index contributed by atoms with van der Waals surface area (Å²) >= 11 is 4.17. The molecule has 0 spiro atoms. The average molecular weight is 357 g/mol. The second-order valence-electron chi connectivity index (χ2n) is 3.96. The van der Waals surface area contributed by atoms with Gasteiger partial charge in [0, 0.05) is 14.5 Å². The van der Waals surface area contributed by atoms with Gasteiger partial charge in [-0.25, -0.2) is 0 Å². The number of halogens is 1. The number of nitrogens with one attached hydrogen (secondary N) is 1. The van der Waals surface area contributed by atoms with E-state index >= 15 is 0 Å². The van der Waals surface area contributed by atoms with Gasteiger partial charge in [0.15, 0.2) is 0 Å². The van der Waals surface area contributed by atoms with Gasteiger partial charge in [0.2, 0.25) is 0 Å². The molecule has 0 fully saturated rings. The summed E-state index contributed by atoms with van der Waals surface area (Å²) in [4.78, 5) is 1.42. The third-order valence-electron chi connectivity index (χ3n) is 2.69. The van der Waals surface area contributed by atoms with Crippen LogP contribution in [0.4, 0.5) is 0 Å². The van der Waals surface area contributed by atoms with E-state index in [4.69, 9.17) is 0 Å². The molecule has 2 aromatic rings. The van der Waals surface area contributed by atoms with Crippen molar-refractivity contribution in [2.75, 3.05) is 6.54 Å². The van der Waals surface area contributed by atoms with Gasteiger partial charge in [-0.3, -0.25) is 0 Å². The molecule has 1 aromatic carbocycles. The van der Waals surface area contributed by atoms with E-state index in [1.807, 2.05) is 11.3 Å². The average Bonchev–Trinajstić information content (AvgIpc) is 2.85. The third-order valence-corrected chi connectivity index (χ3v) is 4.40. The van der Waals surface area contributed by atoms with Crippen molar-refractivity contribution in [3.05, 3.63) is 55.8 Å². The Balaban J connectivity index is 2.10. The normalized spacial score (nSPS) is 12.6. The quantitative estimate of drug-likeness (QED) is 0.789. The number of likely N-dealkylation sites (N-methyl/N-ethyl adjacent to an activating group) is 1. The van der Waals surface area contributed by atoms with Crippen molar-refractivity contribution in [2.45, 2.75) is 19.4 Å². The molecule has 1 atom stereocenters. The van der Waals surface area contributed by atoms with Crippen LogP contribution in [0.15, 0.2) is 41.8 Å². The first-order valence-electron chi connectivity index (χ1n) is 5.81. The molecule has 0 aliphatic carbocycles. The van der Waals surface area contributed by atoms with Gasteiger partial charge in [-0.05, 0) is 64.7 Å².